The zero-order valence-corrected chi connectivity index (χ0v) is 9.88. The molecule has 0 heterocycles. The smallest absolute Gasteiger partial charge is 0.379 e. The van der Waals surface area contributed by atoms with Crippen LogP contribution < -0.4 is 5.73 Å². The highest BCUT2D eigenvalue weighted by atomic mass is 35.5. The van der Waals surface area contributed by atoms with Crippen molar-refractivity contribution in [1.29, 1.82) is 0 Å². The molecule has 6 heteroatoms. The quantitative estimate of drug-likeness (QED) is 0.850. The lowest BCUT2D eigenvalue weighted by Gasteiger charge is -2.21. The lowest BCUT2D eigenvalue weighted by molar-refractivity contribution is -0.174. The number of carbonyl (C=O) groups is 1. The molecule has 0 saturated carbocycles. The van der Waals surface area contributed by atoms with Gasteiger partial charge in [0.15, 0.2) is 0 Å². The maximum atomic E-state index is 13.6. The third-order valence-electron chi connectivity index (χ3n) is 2.15. The Morgan fingerprint density at radius 2 is 2.24 bits per heavy atom. The van der Waals surface area contributed by atoms with E-state index in [1.165, 1.54) is 31.2 Å². The number of benzene rings is 1. The zero-order valence-electron chi connectivity index (χ0n) is 9.12. The summed E-state index contributed by atoms with van der Waals surface area (Å²) in [6.07, 6.45) is 0. The summed E-state index contributed by atoms with van der Waals surface area (Å²) in [5.74, 6) is -5.41. The molecule has 1 aromatic rings. The van der Waals surface area contributed by atoms with Crippen molar-refractivity contribution in [1.82, 2.24) is 0 Å². The van der Waals surface area contributed by atoms with E-state index in [1.54, 1.807) is 0 Å². The first kappa shape index (κ1) is 13.9. The average Bonchev–Trinajstić information content (AvgIpc) is 2.28. The monoisotopic (exact) mass is 263 g/mol. The van der Waals surface area contributed by atoms with Gasteiger partial charge in [-0.1, -0.05) is 23.7 Å². The molecule has 0 spiro atoms. The fourth-order valence-corrected chi connectivity index (χ4v) is 1.46. The van der Waals surface area contributed by atoms with Crippen LogP contribution >= 0.6 is 11.6 Å². The maximum absolute atomic E-state index is 13.6. The molecule has 0 radical (unpaired) electrons. The van der Waals surface area contributed by atoms with Crippen LogP contribution in [0.25, 0.3) is 0 Å². The van der Waals surface area contributed by atoms with Gasteiger partial charge in [-0.15, -0.1) is 0 Å². The Bertz CT molecular complexity index is 412. The number of carbonyl (C=O) groups excluding carboxylic acids is 1. The van der Waals surface area contributed by atoms with Gasteiger partial charge in [0.05, 0.1) is 6.61 Å². The Morgan fingerprint density at radius 1 is 1.59 bits per heavy atom. The van der Waals surface area contributed by atoms with Crippen LogP contribution in [0.1, 0.15) is 18.5 Å². The molecule has 0 amide bonds. The summed E-state index contributed by atoms with van der Waals surface area (Å²) in [5, 5.41) is 0.276. The number of alkyl halides is 2. The molecule has 0 aliphatic heterocycles. The summed E-state index contributed by atoms with van der Waals surface area (Å²) in [4.78, 5) is 11.1. The highest BCUT2D eigenvalue weighted by Crippen LogP contribution is 2.31. The molecule has 1 atom stereocenters. The summed E-state index contributed by atoms with van der Waals surface area (Å²) in [6, 6.07) is 3.91. The van der Waals surface area contributed by atoms with Gasteiger partial charge < -0.3 is 10.5 Å². The molecule has 0 aromatic heterocycles. The van der Waals surface area contributed by atoms with Crippen LogP contribution in [0.3, 0.4) is 0 Å². The lowest BCUT2D eigenvalue weighted by atomic mass is 10.0. The molecule has 3 nitrogen and oxygen atoms in total. The molecule has 1 rings (SSSR count). The fraction of sp³-hybridized carbons (Fsp3) is 0.364. The number of esters is 1. The molecule has 0 aliphatic rings. The predicted octanol–water partition coefficient (Wildman–Crippen LogP) is 2.54. The summed E-state index contributed by atoms with van der Waals surface area (Å²) in [5.41, 5.74) is 5.44. The normalized spacial score (nSPS) is 13.2. The SMILES string of the molecule is CCOC(=O)C(F)(F)[C@@H](N)c1cccc(Cl)c1. The highest BCUT2D eigenvalue weighted by Gasteiger charge is 2.47. The fourth-order valence-electron chi connectivity index (χ4n) is 1.26. The van der Waals surface area contributed by atoms with E-state index in [1.807, 2.05) is 0 Å². The van der Waals surface area contributed by atoms with Crippen LogP contribution in [0.15, 0.2) is 24.3 Å². The van der Waals surface area contributed by atoms with Gasteiger partial charge in [-0.25, -0.2) is 4.79 Å². The van der Waals surface area contributed by atoms with E-state index in [0.717, 1.165) is 0 Å². The van der Waals surface area contributed by atoms with Crippen LogP contribution in [-0.2, 0) is 9.53 Å². The zero-order chi connectivity index (χ0) is 13.1. The number of rotatable bonds is 4. The minimum atomic E-state index is -3.78. The Hall–Kier alpha value is -1.20. The van der Waals surface area contributed by atoms with E-state index < -0.39 is 17.9 Å². The van der Waals surface area contributed by atoms with Crippen molar-refractivity contribution in [3.05, 3.63) is 34.9 Å². The summed E-state index contributed by atoms with van der Waals surface area (Å²) < 4.78 is 31.4. The van der Waals surface area contributed by atoms with Crippen molar-refractivity contribution in [2.24, 2.45) is 5.73 Å². The van der Waals surface area contributed by atoms with E-state index in [4.69, 9.17) is 17.3 Å². The first-order valence-electron chi connectivity index (χ1n) is 4.95. The van der Waals surface area contributed by atoms with Gasteiger partial charge in [-0.05, 0) is 24.6 Å². The van der Waals surface area contributed by atoms with Crippen molar-refractivity contribution in [3.8, 4) is 0 Å². The molecular weight excluding hydrogens is 252 g/mol. The standard InChI is InChI=1S/C11H12ClF2NO2/c1-2-17-10(16)11(13,14)9(15)7-4-3-5-8(12)6-7/h3-6,9H,2,15H2,1H3/t9-/m0/s1. The van der Waals surface area contributed by atoms with Gasteiger partial charge in [0.25, 0.3) is 0 Å². The molecule has 0 saturated heterocycles. The van der Waals surface area contributed by atoms with Crippen LogP contribution in [0.5, 0.6) is 0 Å². The topological polar surface area (TPSA) is 52.3 Å². The Labute approximate surface area is 103 Å². The minimum Gasteiger partial charge on any atom is -0.462 e. The van der Waals surface area contributed by atoms with Gasteiger partial charge in [0.1, 0.15) is 6.04 Å². The van der Waals surface area contributed by atoms with Gasteiger partial charge in [0.2, 0.25) is 0 Å². The minimum absolute atomic E-state index is 0.0792. The van der Waals surface area contributed by atoms with E-state index in [2.05, 4.69) is 4.74 Å². The third kappa shape index (κ3) is 3.14. The number of hydrogen-bond acceptors (Lipinski definition) is 3. The summed E-state index contributed by atoms with van der Waals surface area (Å²) in [7, 11) is 0. The van der Waals surface area contributed by atoms with Gasteiger partial charge in [0, 0.05) is 5.02 Å². The average molecular weight is 264 g/mol. The third-order valence-corrected chi connectivity index (χ3v) is 2.38. The first-order chi connectivity index (χ1) is 7.89. The number of hydrogen-bond donors (Lipinski definition) is 1. The number of ether oxygens (including phenoxy) is 1. The lowest BCUT2D eigenvalue weighted by Crippen LogP contribution is -2.41. The van der Waals surface area contributed by atoms with Crippen LogP contribution in [0, 0.1) is 0 Å². The summed E-state index contributed by atoms with van der Waals surface area (Å²) >= 11 is 5.66. The molecule has 0 fully saturated rings. The van der Waals surface area contributed by atoms with Crippen molar-refractivity contribution >= 4 is 17.6 Å². The number of halogens is 3. The highest BCUT2D eigenvalue weighted by molar-refractivity contribution is 6.30. The molecule has 0 aliphatic carbocycles. The maximum Gasteiger partial charge on any atom is 0.379 e. The molecular formula is C11H12ClF2NO2. The summed E-state index contributed by atoms with van der Waals surface area (Å²) in [6.45, 7) is 1.32. The molecule has 2 N–H and O–H groups in total. The Morgan fingerprint density at radius 3 is 2.76 bits per heavy atom. The van der Waals surface area contributed by atoms with Crippen molar-refractivity contribution in [2.45, 2.75) is 18.9 Å². The Balaban J connectivity index is 2.95. The van der Waals surface area contributed by atoms with E-state index in [-0.39, 0.29) is 17.2 Å². The molecule has 0 unspecified atom stereocenters. The Kier molecular flexibility index (Phi) is 4.42. The van der Waals surface area contributed by atoms with E-state index in [0.29, 0.717) is 0 Å². The van der Waals surface area contributed by atoms with Crippen LogP contribution in [0.2, 0.25) is 5.02 Å². The van der Waals surface area contributed by atoms with Gasteiger partial charge >= 0.3 is 11.9 Å². The van der Waals surface area contributed by atoms with Crippen molar-refractivity contribution in [3.63, 3.8) is 0 Å². The second-order valence-electron chi connectivity index (χ2n) is 3.38. The van der Waals surface area contributed by atoms with Gasteiger partial charge in [-0.3, -0.25) is 0 Å². The van der Waals surface area contributed by atoms with E-state index in [9.17, 15) is 13.6 Å². The molecule has 0 bridgehead atoms. The van der Waals surface area contributed by atoms with Crippen molar-refractivity contribution in [2.75, 3.05) is 6.61 Å². The van der Waals surface area contributed by atoms with Crippen LogP contribution in [0.4, 0.5) is 8.78 Å². The van der Waals surface area contributed by atoms with Gasteiger partial charge in [-0.2, -0.15) is 8.78 Å². The molecule has 17 heavy (non-hydrogen) atoms. The first-order valence-corrected chi connectivity index (χ1v) is 5.33. The predicted molar refractivity (Wildman–Crippen MR) is 60.0 cm³/mol. The molecule has 94 valence electrons. The largest absolute Gasteiger partial charge is 0.462 e. The second-order valence-corrected chi connectivity index (χ2v) is 3.81. The van der Waals surface area contributed by atoms with Crippen molar-refractivity contribution < 1.29 is 18.3 Å². The van der Waals surface area contributed by atoms with Crippen LogP contribution in [-0.4, -0.2) is 18.5 Å². The molecule has 1 aromatic carbocycles. The van der Waals surface area contributed by atoms with E-state index >= 15 is 0 Å². The second kappa shape index (κ2) is 5.42. The number of nitrogens with two attached hydrogens (primary N) is 1.